The Bertz CT molecular complexity index is 537. The van der Waals surface area contributed by atoms with Gasteiger partial charge in [-0.2, -0.15) is 5.10 Å². The summed E-state index contributed by atoms with van der Waals surface area (Å²) in [6, 6.07) is 6.50. The van der Waals surface area contributed by atoms with E-state index in [1.54, 1.807) is 10.7 Å². The zero-order valence-electron chi connectivity index (χ0n) is 11.0. The van der Waals surface area contributed by atoms with Crippen LogP contribution in [0.2, 0.25) is 0 Å². The molecule has 102 valence electrons. The number of phenols is 2. The molecule has 5 heteroatoms. The number of aromatic hydroxyl groups is 2. The quantitative estimate of drug-likeness (QED) is 0.552. The van der Waals surface area contributed by atoms with Gasteiger partial charge in [0.05, 0.1) is 5.69 Å². The fourth-order valence-corrected chi connectivity index (χ4v) is 1.81. The largest absolute Gasteiger partial charge is 0.504 e. The number of aromatic nitrogens is 2. The number of anilines is 1. The van der Waals surface area contributed by atoms with Crippen LogP contribution in [0.4, 0.5) is 5.82 Å². The summed E-state index contributed by atoms with van der Waals surface area (Å²) in [5.74, 6) is 0.531. The molecule has 0 amide bonds. The van der Waals surface area contributed by atoms with Gasteiger partial charge in [0.1, 0.15) is 5.82 Å². The van der Waals surface area contributed by atoms with Crippen LogP contribution in [0, 0.1) is 0 Å². The third-order valence-corrected chi connectivity index (χ3v) is 2.90. The van der Waals surface area contributed by atoms with Crippen molar-refractivity contribution in [3.8, 4) is 17.2 Å². The summed E-state index contributed by atoms with van der Waals surface area (Å²) in [6.45, 7) is 3.08. The SMILES string of the molecule is CCCCCNc1ccn(-c2ccc(O)c(O)c2)n1. The average molecular weight is 261 g/mol. The van der Waals surface area contributed by atoms with Crippen LogP contribution in [-0.4, -0.2) is 26.5 Å². The molecule has 1 heterocycles. The van der Waals surface area contributed by atoms with Crippen molar-refractivity contribution >= 4 is 5.82 Å². The molecular formula is C14H19N3O2. The van der Waals surface area contributed by atoms with E-state index >= 15 is 0 Å². The van der Waals surface area contributed by atoms with Crippen molar-refractivity contribution in [1.29, 1.82) is 0 Å². The van der Waals surface area contributed by atoms with Crippen LogP contribution < -0.4 is 5.32 Å². The zero-order chi connectivity index (χ0) is 13.7. The Kier molecular flexibility index (Phi) is 4.28. The number of phenolic OH excluding ortho intramolecular Hbond substituents is 2. The summed E-state index contributed by atoms with van der Waals surface area (Å²) in [5, 5.41) is 26.3. The first-order valence-corrected chi connectivity index (χ1v) is 6.52. The van der Waals surface area contributed by atoms with Gasteiger partial charge in [-0.3, -0.25) is 0 Å². The van der Waals surface area contributed by atoms with Gasteiger partial charge in [-0.1, -0.05) is 19.8 Å². The van der Waals surface area contributed by atoms with Crippen molar-refractivity contribution in [2.45, 2.75) is 26.2 Å². The molecule has 0 unspecified atom stereocenters. The van der Waals surface area contributed by atoms with E-state index in [2.05, 4.69) is 17.3 Å². The predicted molar refractivity (Wildman–Crippen MR) is 74.9 cm³/mol. The molecule has 0 bridgehead atoms. The first-order valence-electron chi connectivity index (χ1n) is 6.52. The normalized spacial score (nSPS) is 10.6. The predicted octanol–water partition coefficient (Wildman–Crippen LogP) is 2.89. The van der Waals surface area contributed by atoms with Gasteiger partial charge >= 0.3 is 0 Å². The van der Waals surface area contributed by atoms with Crippen LogP contribution >= 0.6 is 0 Å². The Labute approximate surface area is 112 Å². The Morgan fingerprint density at radius 2 is 2.00 bits per heavy atom. The summed E-state index contributed by atoms with van der Waals surface area (Å²) < 4.78 is 1.65. The standard InChI is InChI=1S/C14H19N3O2/c1-2-3-4-8-15-14-7-9-17(16-14)11-5-6-12(18)13(19)10-11/h5-7,9-10,18-19H,2-4,8H2,1H3,(H,15,16). The second-order valence-electron chi connectivity index (χ2n) is 4.45. The number of nitrogens with one attached hydrogen (secondary N) is 1. The van der Waals surface area contributed by atoms with Gasteiger partial charge < -0.3 is 15.5 Å². The summed E-state index contributed by atoms with van der Waals surface area (Å²) >= 11 is 0. The van der Waals surface area contributed by atoms with Gasteiger partial charge in [-0.05, 0) is 18.6 Å². The maximum atomic E-state index is 9.46. The molecule has 3 N–H and O–H groups in total. The molecule has 1 aromatic heterocycles. The summed E-state index contributed by atoms with van der Waals surface area (Å²) in [6.07, 6.45) is 5.35. The Balaban J connectivity index is 2.01. The van der Waals surface area contributed by atoms with E-state index in [4.69, 9.17) is 0 Å². The molecule has 2 rings (SSSR count). The average Bonchev–Trinajstić information content (AvgIpc) is 2.87. The first kappa shape index (κ1) is 13.3. The summed E-state index contributed by atoms with van der Waals surface area (Å²) in [4.78, 5) is 0. The minimum atomic E-state index is -0.148. The number of hydrogen-bond donors (Lipinski definition) is 3. The third-order valence-electron chi connectivity index (χ3n) is 2.90. The lowest BCUT2D eigenvalue weighted by Crippen LogP contribution is -2.03. The molecule has 0 atom stereocenters. The van der Waals surface area contributed by atoms with Crippen molar-refractivity contribution < 1.29 is 10.2 Å². The van der Waals surface area contributed by atoms with E-state index < -0.39 is 0 Å². The van der Waals surface area contributed by atoms with Gasteiger partial charge in [0, 0.05) is 24.9 Å². The lowest BCUT2D eigenvalue weighted by atomic mass is 10.2. The van der Waals surface area contributed by atoms with Crippen molar-refractivity contribution in [3.63, 3.8) is 0 Å². The highest BCUT2D eigenvalue weighted by Crippen LogP contribution is 2.26. The van der Waals surface area contributed by atoms with E-state index in [0.717, 1.165) is 18.8 Å². The van der Waals surface area contributed by atoms with E-state index in [9.17, 15) is 10.2 Å². The lowest BCUT2D eigenvalue weighted by molar-refractivity contribution is 0.403. The van der Waals surface area contributed by atoms with E-state index in [1.807, 2.05) is 12.3 Å². The van der Waals surface area contributed by atoms with Gasteiger partial charge in [0.25, 0.3) is 0 Å². The minimum absolute atomic E-state index is 0.131. The van der Waals surface area contributed by atoms with Crippen LogP contribution in [0.5, 0.6) is 11.5 Å². The highest BCUT2D eigenvalue weighted by molar-refractivity contribution is 5.47. The summed E-state index contributed by atoms with van der Waals surface area (Å²) in [7, 11) is 0. The molecule has 5 nitrogen and oxygen atoms in total. The molecule has 0 aliphatic rings. The van der Waals surface area contributed by atoms with Crippen LogP contribution in [0.15, 0.2) is 30.5 Å². The smallest absolute Gasteiger partial charge is 0.159 e. The Morgan fingerprint density at radius 1 is 1.16 bits per heavy atom. The van der Waals surface area contributed by atoms with E-state index in [-0.39, 0.29) is 11.5 Å². The molecular weight excluding hydrogens is 242 g/mol. The van der Waals surface area contributed by atoms with Gasteiger partial charge in [-0.25, -0.2) is 4.68 Å². The molecule has 0 saturated carbocycles. The molecule has 0 radical (unpaired) electrons. The molecule has 0 spiro atoms. The minimum Gasteiger partial charge on any atom is -0.504 e. The second kappa shape index (κ2) is 6.13. The number of rotatable bonds is 6. The van der Waals surface area contributed by atoms with Gasteiger partial charge in [-0.15, -0.1) is 0 Å². The van der Waals surface area contributed by atoms with E-state index in [1.165, 1.54) is 25.0 Å². The third kappa shape index (κ3) is 3.40. The molecule has 19 heavy (non-hydrogen) atoms. The highest BCUT2D eigenvalue weighted by Gasteiger charge is 2.04. The molecule has 0 fully saturated rings. The fraction of sp³-hybridized carbons (Fsp3) is 0.357. The zero-order valence-corrected chi connectivity index (χ0v) is 11.0. The fourth-order valence-electron chi connectivity index (χ4n) is 1.81. The Hall–Kier alpha value is -2.17. The molecule has 0 aliphatic heterocycles. The van der Waals surface area contributed by atoms with Crippen LogP contribution in [0.3, 0.4) is 0 Å². The summed E-state index contributed by atoms with van der Waals surface area (Å²) in [5.41, 5.74) is 0.705. The molecule has 2 aromatic rings. The lowest BCUT2D eigenvalue weighted by Gasteiger charge is -2.04. The van der Waals surface area contributed by atoms with Crippen molar-refractivity contribution in [1.82, 2.24) is 9.78 Å². The molecule has 0 saturated heterocycles. The monoisotopic (exact) mass is 261 g/mol. The van der Waals surface area contributed by atoms with Gasteiger partial charge in [0.2, 0.25) is 0 Å². The Morgan fingerprint density at radius 3 is 2.74 bits per heavy atom. The van der Waals surface area contributed by atoms with Crippen molar-refractivity contribution in [3.05, 3.63) is 30.5 Å². The van der Waals surface area contributed by atoms with E-state index in [0.29, 0.717) is 5.69 Å². The maximum Gasteiger partial charge on any atom is 0.159 e. The first-order chi connectivity index (χ1) is 9.20. The number of unbranched alkanes of at least 4 members (excludes halogenated alkanes) is 2. The number of hydrogen-bond acceptors (Lipinski definition) is 4. The van der Waals surface area contributed by atoms with Crippen LogP contribution in [-0.2, 0) is 0 Å². The number of nitrogens with zero attached hydrogens (tertiary/aromatic N) is 2. The highest BCUT2D eigenvalue weighted by atomic mass is 16.3. The van der Waals surface area contributed by atoms with Crippen molar-refractivity contribution in [2.24, 2.45) is 0 Å². The molecule has 0 aliphatic carbocycles. The van der Waals surface area contributed by atoms with Crippen molar-refractivity contribution in [2.75, 3.05) is 11.9 Å². The second-order valence-corrected chi connectivity index (χ2v) is 4.45. The maximum absolute atomic E-state index is 9.46. The van der Waals surface area contributed by atoms with Gasteiger partial charge in [0.15, 0.2) is 11.5 Å². The topological polar surface area (TPSA) is 70.3 Å². The number of benzene rings is 1. The van der Waals surface area contributed by atoms with Crippen LogP contribution in [0.1, 0.15) is 26.2 Å². The molecule has 1 aromatic carbocycles. The van der Waals surface area contributed by atoms with Crippen LogP contribution in [0.25, 0.3) is 5.69 Å².